The largest absolute Gasteiger partial charge is 0.392 e. The highest BCUT2D eigenvalue weighted by atomic mass is 32.2. The smallest absolute Gasteiger partial charge is 0.253 e. The number of aliphatic hydroxyl groups is 1. The van der Waals surface area contributed by atoms with Crippen LogP contribution in [0.15, 0.2) is 66.0 Å². The molecule has 2 saturated carbocycles. The van der Waals surface area contributed by atoms with Gasteiger partial charge < -0.3 is 9.67 Å². The quantitative estimate of drug-likeness (QED) is 0.528. The number of hydrogen-bond acceptors (Lipinski definition) is 5. The predicted octanol–water partition coefficient (Wildman–Crippen LogP) is 3.87. The minimum atomic E-state index is -3.67. The zero-order valence-corrected chi connectivity index (χ0v) is 20.6. The van der Waals surface area contributed by atoms with Gasteiger partial charge in [0, 0.05) is 23.2 Å². The van der Waals surface area contributed by atoms with E-state index < -0.39 is 16.1 Å². The first-order chi connectivity index (χ1) is 17.3. The lowest BCUT2D eigenvalue weighted by Gasteiger charge is -2.62. The van der Waals surface area contributed by atoms with Crippen LogP contribution < -0.4 is 4.83 Å². The first-order valence-corrected chi connectivity index (χ1v) is 14.2. The van der Waals surface area contributed by atoms with Crippen LogP contribution in [0.3, 0.4) is 0 Å². The molecule has 5 aliphatic rings. The standard InChI is InChI=1S/C27H29FN4O3S/c28-22-8-4-7-21-24-15-29-16-31(24)23(26(21)22)11-25(33)27-12-17-9-18(13-27)32(19(10-17)14-27)30-36(34,35)20-5-2-1-3-6-20/h1-8,15-19,23,25,30,33H,9-14H2. The van der Waals surface area contributed by atoms with E-state index >= 15 is 0 Å². The Balaban J connectivity index is 1.15. The average molecular weight is 509 g/mol. The van der Waals surface area contributed by atoms with E-state index in [9.17, 15) is 17.9 Å². The molecule has 2 aliphatic carbocycles. The van der Waals surface area contributed by atoms with Gasteiger partial charge in [0.25, 0.3) is 10.0 Å². The van der Waals surface area contributed by atoms with E-state index in [1.54, 1.807) is 48.9 Å². The summed E-state index contributed by atoms with van der Waals surface area (Å²) in [4.78, 5) is 7.41. The zero-order chi connectivity index (χ0) is 24.7. The molecule has 4 atom stereocenters. The molecule has 8 rings (SSSR count). The van der Waals surface area contributed by atoms with Crippen molar-refractivity contribution in [3.8, 4) is 11.3 Å². The summed E-state index contributed by atoms with van der Waals surface area (Å²) in [6, 6.07) is 13.4. The fraction of sp³-hybridized carbons (Fsp3) is 0.444. The number of aliphatic hydroxyl groups excluding tert-OH is 1. The van der Waals surface area contributed by atoms with E-state index in [0.29, 0.717) is 17.9 Å². The number of hydrazine groups is 1. The summed E-state index contributed by atoms with van der Waals surface area (Å²) < 4.78 is 43.1. The van der Waals surface area contributed by atoms with Gasteiger partial charge in [0.15, 0.2) is 0 Å². The molecular weight excluding hydrogens is 479 g/mol. The molecule has 4 unspecified atom stereocenters. The van der Waals surface area contributed by atoms with Gasteiger partial charge in [-0.25, -0.2) is 22.8 Å². The van der Waals surface area contributed by atoms with Crippen molar-refractivity contribution < 1.29 is 17.9 Å². The Morgan fingerprint density at radius 1 is 1.08 bits per heavy atom. The molecule has 4 bridgehead atoms. The second-order valence-electron chi connectivity index (χ2n) is 11.1. The van der Waals surface area contributed by atoms with E-state index in [1.165, 1.54) is 6.07 Å². The van der Waals surface area contributed by atoms with Crippen LogP contribution in [-0.4, -0.2) is 46.3 Å². The summed E-state index contributed by atoms with van der Waals surface area (Å²) in [5.41, 5.74) is 2.07. The van der Waals surface area contributed by atoms with Crippen molar-refractivity contribution in [3.05, 3.63) is 72.4 Å². The Hall–Kier alpha value is -2.59. The van der Waals surface area contributed by atoms with Crippen LogP contribution in [0, 0.1) is 17.2 Å². The second-order valence-corrected chi connectivity index (χ2v) is 12.8. The Labute approximate surface area is 210 Å². The van der Waals surface area contributed by atoms with Crippen LogP contribution in [-0.2, 0) is 10.0 Å². The lowest BCUT2D eigenvalue weighted by atomic mass is 9.53. The van der Waals surface area contributed by atoms with Gasteiger partial charge in [0.05, 0.1) is 35.3 Å². The molecule has 9 heteroatoms. The summed E-state index contributed by atoms with van der Waals surface area (Å²) in [7, 11) is -3.67. The number of fused-ring (bicyclic) bond motifs is 3. The zero-order valence-electron chi connectivity index (χ0n) is 19.8. The number of rotatable bonds is 6. The maximum absolute atomic E-state index is 15.0. The van der Waals surface area contributed by atoms with E-state index in [-0.39, 0.29) is 34.3 Å². The van der Waals surface area contributed by atoms with Gasteiger partial charge >= 0.3 is 0 Å². The molecule has 3 aliphatic heterocycles. The van der Waals surface area contributed by atoms with Gasteiger partial charge in [-0.2, -0.15) is 0 Å². The minimum Gasteiger partial charge on any atom is -0.392 e. The number of hydrogen-bond donors (Lipinski definition) is 2. The van der Waals surface area contributed by atoms with Crippen LogP contribution in [0.25, 0.3) is 11.3 Å². The molecule has 2 saturated heterocycles. The monoisotopic (exact) mass is 508 g/mol. The first kappa shape index (κ1) is 22.6. The average Bonchev–Trinajstić information content (AvgIpc) is 3.45. The van der Waals surface area contributed by atoms with Gasteiger partial charge in [-0.15, -0.1) is 4.83 Å². The van der Waals surface area contributed by atoms with Gasteiger partial charge in [0.1, 0.15) is 5.82 Å². The SMILES string of the molecule is O=S(=O)(NN1C2CC3CC1CC(C(O)CC1c4c(F)cccc4-c4cncn41)(C3)C2)c1ccccc1. The van der Waals surface area contributed by atoms with Crippen molar-refractivity contribution in [2.24, 2.45) is 11.3 Å². The van der Waals surface area contributed by atoms with Crippen molar-refractivity contribution >= 4 is 10.0 Å². The normalized spacial score (nSPS) is 31.4. The highest BCUT2D eigenvalue weighted by molar-refractivity contribution is 7.89. The molecule has 1 aromatic heterocycles. The van der Waals surface area contributed by atoms with Crippen molar-refractivity contribution in [3.63, 3.8) is 0 Å². The molecule has 2 N–H and O–H groups in total. The van der Waals surface area contributed by atoms with Crippen LogP contribution in [0.4, 0.5) is 4.39 Å². The Kier molecular flexibility index (Phi) is 4.99. The number of benzene rings is 2. The molecule has 0 radical (unpaired) electrons. The highest BCUT2D eigenvalue weighted by Crippen LogP contribution is 2.58. The number of sulfonamides is 1. The molecule has 7 nitrogen and oxygen atoms in total. The predicted molar refractivity (Wildman–Crippen MR) is 132 cm³/mol. The minimum absolute atomic E-state index is 0.0424. The maximum atomic E-state index is 15.0. The third kappa shape index (κ3) is 3.33. The van der Waals surface area contributed by atoms with Crippen molar-refractivity contribution in [2.75, 3.05) is 0 Å². The van der Waals surface area contributed by atoms with E-state index in [2.05, 4.69) is 9.82 Å². The van der Waals surface area contributed by atoms with E-state index in [1.807, 2.05) is 15.6 Å². The number of nitrogens with one attached hydrogen (secondary N) is 1. The van der Waals surface area contributed by atoms with Crippen LogP contribution >= 0.6 is 0 Å². The van der Waals surface area contributed by atoms with E-state index in [4.69, 9.17) is 0 Å². The number of nitrogens with zero attached hydrogens (tertiary/aromatic N) is 3. The summed E-state index contributed by atoms with van der Waals surface area (Å²) >= 11 is 0. The molecule has 2 aromatic carbocycles. The van der Waals surface area contributed by atoms with E-state index in [0.717, 1.165) is 43.4 Å². The number of halogens is 1. The highest BCUT2D eigenvalue weighted by Gasteiger charge is 2.58. The molecule has 3 aromatic rings. The van der Waals surface area contributed by atoms with Gasteiger partial charge in [0.2, 0.25) is 0 Å². The summed E-state index contributed by atoms with van der Waals surface area (Å²) in [6.45, 7) is 0. The number of imidazole rings is 1. The Morgan fingerprint density at radius 3 is 2.58 bits per heavy atom. The van der Waals surface area contributed by atoms with Gasteiger partial charge in [-0.3, -0.25) is 0 Å². The summed E-state index contributed by atoms with van der Waals surface area (Å²) in [6.07, 6.45) is 7.53. The molecule has 0 amide bonds. The molecule has 4 heterocycles. The third-order valence-corrected chi connectivity index (χ3v) is 10.4. The van der Waals surface area contributed by atoms with Gasteiger partial charge in [-0.05, 0) is 68.1 Å². The van der Waals surface area contributed by atoms with Crippen LogP contribution in [0.5, 0.6) is 0 Å². The fourth-order valence-electron chi connectivity index (χ4n) is 7.73. The third-order valence-electron chi connectivity index (χ3n) is 9.07. The Morgan fingerprint density at radius 2 is 1.83 bits per heavy atom. The van der Waals surface area contributed by atoms with Crippen molar-refractivity contribution in [1.29, 1.82) is 0 Å². The second kappa shape index (κ2) is 7.95. The molecule has 0 spiro atoms. The van der Waals surface area contributed by atoms with Crippen LogP contribution in [0.2, 0.25) is 0 Å². The topological polar surface area (TPSA) is 87.5 Å². The van der Waals surface area contributed by atoms with Gasteiger partial charge in [-0.1, -0.05) is 30.3 Å². The lowest BCUT2D eigenvalue weighted by molar-refractivity contribution is -0.163. The summed E-state index contributed by atoms with van der Waals surface area (Å²) in [5.74, 6) is 0.214. The van der Waals surface area contributed by atoms with Crippen LogP contribution in [0.1, 0.15) is 50.1 Å². The molecular formula is C27H29FN4O3S. The van der Waals surface area contributed by atoms with Crippen molar-refractivity contribution in [2.45, 2.75) is 67.6 Å². The summed E-state index contributed by atoms with van der Waals surface area (Å²) in [5, 5.41) is 13.7. The number of piperidine rings is 2. The lowest BCUT2D eigenvalue weighted by Crippen LogP contribution is -2.68. The molecule has 188 valence electrons. The Bertz CT molecular complexity index is 1410. The molecule has 4 fully saturated rings. The van der Waals surface area contributed by atoms with Crippen molar-refractivity contribution in [1.82, 2.24) is 19.4 Å². The number of aromatic nitrogens is 2. The fourth-order valence-corrected chi connectivity index (χ4v) is 8.92. The first-order valence-electron chi connectivity index (χ1n) is 12.7. The molecule has 36 heavy (non-hydrogen) atoms. The maximum Gasteiger partial charge on any atom is 0.253 e.